The summed E-state index contributed by atoms with van der Waals surface area (Å²) in [5.41, 5.74) is 2.25. The molecule has 2 aliphatic heterocycles. The zero-order chi connectivity index (χ0) is 20.8. The van der Waals surface area contributed by atoms with Crippen LogP contribution in [0.15, 0.2) is 30.3 Å². The fourth-order valence-corrected chi connectivity index (χ4v) is 5.00. The molecule has 7 nitrogen and oxygen atoms in total. The number of rotatable bonds is 5. The molecule has 3 aliphatic rings. The van der Waals surface area contributed by atoms with Gasteiger partial charge in [0.1, 0.15) is 18.1 Å². The lowest BCUT2D eigenvalue weighted by Crippen LogP contribution is -2.39. The molecule has 3 heterocycles. The van der Waals surface area contributed by atoms with Crippen molar-refractivity contribution in [2.75, 3.05) is 33.4 Å². The van der Waals surface area contributed by atoms with Crippen molar-refractivity contribution >= 4 is 11.8 Å². The predicted octanol–water partition coefficient (Wildman–Crippen LogP) is 2.34. The molecular formula is C22H25FN4O3. The molecule has 0 radical (unpaired) electrons. The lowest BCUT2D eigenvalue weighted by Gasteiger charge is -2.29. The molecule has 1 aromatic heterocycles. The predicted molar refractivity (Wildman–Crippen MR) is 106 cm³/mol. The number of halogens is 1. The van der Waals surface area contributed by atoms with E-state index in [0.717, 1.165) is 24.1 Å². The first-order valence-electron chi connectivity index (χ1n) is 10.4. The highest BCUT2D eigenvalue weighted by Crippen LogP contribution is 2.45. The Hall–Kier alpha value is -2.74. The number of H-pyrrole nitrogens is 1. The number of hydrogen-bond acceptors (Lipinski definition) is 4. The van der Waals surface area contributed by atoms with E-state index in [2.05, 4.69) is 10.2 Å². The van der Waals surface area contributed by atoms with Gasteiger partial charge in [-0.05, 0) is 36.6 Å². The maximum atomic E-state index is 13.9. The zero-order valence-electron chi connectivity index (χ0n) is 16.9. The van der Waals surface area contributed by atoms with Gasteiger partial charge in [-0.15, -0.1) is 0 Å². The molecule has 3 fully saturated rings. The average molecular weight is 412 g/mol. The molecular weight excluding hydrogens is 387 g/mol. The number of carbonyl (C=O) groups is 2. The standard InChI is InChI=1S/C22H25FN4O3/c1-30-12-20(28)27-10-15-9-26(22(29)19-8-18(24-25-19)13-5-6-13)11-17(15)21(27)14-3-2-4-16(23)7-14/h2-4,7-8,13,15,17,21H,5-6,9-12H2,1H3,(H,24,25)/t15-,17-,21+/m1/s1. The minimum atomic E-state index is -0.329. The Morgan fingerprint density at radius 3 is 2.80 bits per heavy atom. The molecule has 2 amide bonds. The molecule has 2 saturated heterocycles. The molecule has 158 valence electrons. The summed E-state index contributed by atoms with van der Waals surface area (Å²) < 4.78 is 19.0. The van der Waals surface area contributed by atoms with Gasteiger partial charge in [0, 0.05) is 50.2 Å². The van der Waals surface area contributed by atoms with Gasteiger partial charge in [-0.3, -0.25) is 14.7 Å². The highest BCUT2D eigenvalue weighted by atomic mass is 19.1. The fraction of sp³-hybridized carbons (Fsp3) is 0.500. The third-order valence-electron chi connectivity index (χ3n) is 6.56. The van der Waals surface area contributed by atoms with Crippen LogP contribution in [0.1, 0.15) is 46.5 Å². The lowest BCUT2D eigenvalue weighted by molar-refractivity contribution is -0.136. The number of benzene rings is 1. The molecule has 0 unspecified atom stereocenters. The van der Waals surface area contributed by atoms with E-state index < -0.39 is 0 Å². The van der Waals surface area contributed by atoms with Gasteiger partial charge in [0.15, 0.2) is 0 Å². The molecule has 0 bridgehead atoms. The highest BCUT2D eigenvalue weighted by Gasteiger charge is 2.50. The number of nitrogens with zero attached hydrogens (tertiary/aromatic N) is 3. The number of amides is 2. The number of aromatic amines is 1. The summed E-state index contributed by atoms with van der Waals surface area (Å²) in [6, 6.07) is 8.00. The smallest absolute Gasteiger partial charge is 0.274 e. The van der Waals surface area contributed by atoms with E-state index in [1.165, 1.54) is 19.2 Å². The van der Waals surface area contributed by atoms with Crippen LogP contribution in [0.3, 0.4) is 0 Å². The Morgan fingerprint density at radius 1 is 1.23 bits per heavy atom. The van der Waals surface area contributed by atoms with Crippen LogP contribution in [0.5, 0.6) is 0 Å². The largest absolute Gasteiger partial charge is 0.375 e. The van der Waals surface area contributed by atoms with E-state index in [9.17, 15) is 14.0 Å². The van der Waals surface area contributed by atoms with Crippen LogP contribution in [0.2, 0.25) is 0 Å². The lowest BCUT2D eigenvalue weighted by atomic mass is 9.89. The summed E-state index contributed by atoms with van der Waals surface area (Å²) in [5, 5.41) is 7.22. The molecule has 1 aliphatic carbocycles. The highest BCUT2D eigenvalue weighted by molar-refractivity contribution is 5.92. The number of carbonyl (C=O) groups excluding carboxylic acids is 2. The van der Waals surface area contributed by atoms with Crippen molar-refractivity contribution in [2.45, 2.75) is 24.8 Å². The van der Waals surface area contributed by atoms with Crippen LogP contribution in [0, 0.1) is 17.7 Å². The number of fused-ring (bicyclic) bond motifs is 1. The van der Waals surface area contributed by atoms with Crippen LogP contribution in [0.4, 0.5) is 4.39 Å². The van der Waals surface area contributed by atoms with E-state index in [4.69, 9.17) is 4.74 Å². The maximum absolute atomic E-state index is 13.9. The Morgan fingerprint density at radius 2 is 2.07 bits per heavy atom. The minimum absolute atomic E-state index is 0.00882. The molecule has 8 heteroatoms. The molecule has 30 heavy (non-hydrogen) atoms. The third kappa shape index (κ3) is 3.39. The molecule has 3 atom stereocenters. The fourth-order valence-electron chi connectivity index (χ4n) is 5.00. The number of methoxy groups -OCH3 is 1. The zero-order valence-corrected chi connectivity index (χ0v) is 16.9. The van der Waals surface area contributed by atoms with Gasteiger partial charge in [0.05, 0.1) is 6.04 Å². The second-order valence-electron chi connectivity index (χ2n) is 8.60. The monoisotopic (exact) mass is 412 g/mol. The Bertz CT molecular complexity index is 973. The number of likely N-dealkylation sites (tertiary alicyclic amines) is 2. The van der Waals surface area contributed by atoms with E-state index in [1.54, 1.807) is 11.0 Å². The maximum Gasteiger partial charge on any atom is 0.274 e. The van der Waals surface area contributed by atoms with Gasteiger partial charge in [0.25, 0.3) is 5.91 Å². The van der Waals surface area contributed by atoms with Crippen molar-refractivity contribution in [3.63, 3.8) is 0 Å². The van der Waals surface area contributed by atoms with E-state index in [0.29, 0.717) is 31.2 Å². The summed E-state index contributed by atoms with van der Waals surface area (Å²) in [7, 11) is 1.49. The van der Waals surface area contributed by atoms with Crippen molar-refractivity contribution in [3.05, 3.63) is 53.1 Å². The normalized spacial score (nSPS) is 25.6. The van der Waals surface area contributed by atoms with Crippen LogP contribution < -0.4 is 0 Å². The van der Waals surface area contributed by atoms with E-state index in [1.807, 2.05) is 17.0 Å². The topological polar surface area (TPSA) is 78.5 Å². The van der Waals surface area contributed by atoms with Gasteiger partial charge in [-0.25, -0.2) is 4.39 Å². The van der Waals surface area contributed by atoms with Crippen molar-refractivity contribution in [1.29, 1.82) is 0 Å². The van der Waals surface area contributed by atoms with Crippen LogP contribution in [-0.4, -0.2) is 65.2 Å². The SMILES string of the molecule is COCC(=O)N1C[C@H]2CN(C(=O)c3cc(C4CC4)[nH]n3)C[C@H]2[C@@H]1c1cccc(F)c1. The van der Waals surface area contributed by atoms with Crippen LogP contribution in [0.25, 0.3) is 0 Å². The van der Waals surface area contributed by atoms with Crippen LogP contribution in [-0.2, 0) is 9.53 Å². The second-order valence-corrected chi connectivity index (χ2v) is 8.60. The number of nitrogens with one attached hydrogen (secondary N) is 1. The van der Waals surface area contributed by atoms with Crippen molar-refractivity contribution in [1.82, 2.24) is 20.0 Å². The number of ether oxygens (including phenoxy) is 1. The first kappa shape index (κ1) is 19.2. The number of hydrogen-bond donors (Lipinski definition) is 1. The summed E-state index contributed by atoms with van der Waals surface area (Å²) in [6.07, 6.45) is 2.29. The Labute approximate surface area is 174 Å². The average Bonchev–Trinajstić information content (AvgIpc) is 3.16. The minimum Gasteiger partial charge on any atom is -0.375 e. The van der Waals surface area contributed by atoms with Gasteiger partial charge < -0.3 is 14.5 Å². The Balaban J connectivity index is 1.38. The van der Waals surface area contributed by atoms with Crippen LogP contribution >= 0.6 is 0 Å². The summed E-state index contributed by atoms with van der Waals surface area (Å²) in [6.45, 7) is 1.61. The molecule has 1 N–H and O–H groups in total. The molecule has 0 spiro atoms. The first-order valence-corrected chi connectivity index (χ1v) is 10.4. The van der Waals surface area contributed by atoms with Crippen molar-refractivity contribution in [3.8, 4) is 0 Å². The van der Waals surface area contributed by atoms with E-state index in [-0.39, 0.29) is 42.1 Å². The molecule has 2 aromatic rings. The Kier molecular flexibility index (Phi) is 4.81. The third-order valence-corrected chi connectivity index (χ3v) is 6.56. The van der Waals surface area contributed by atoms with Gasteiger partial charge in [0.2, 0.25) is 5.91 Å². The van der Waals surface area contributed by atoms with E-state index >= 15 is 0 Å². The molecule has 5 rings (SSSR count). The van der Waals surface area contributed by atoms with Crippen molar-refractivity contribution in [2.24, 2.45) is 11.8 Å². The summed E-state index contributed by atoms with van der Waals surface area (Å²) in [4.78, 5) is 29.3. The molecule has 1 saturated carbocycles. The van der Waals surface area contributed by atoms with Gasteiger partial charge >= 0.3 is 0 Å². The second kappa shape index (κ2) is 7.50. The first-order chi connectivity index (χ1) is 14.5. The summed E-state index contributed by atoms with van der Waals surface area (Å²) in [5.74, 6) is 0.184. The quantitative estimate of drug-likeness (QED) is 0.818. The molecule has 1 aromatic carbocycles. The van der Waals surface area contributed by atoms with Gasteiger partial charge in [-0.1, -0.05) is 12.1 Å². The summed E-state index contributed by atoms with van der Waals surface area (Å²) >= 11 is 0. The van der Waals surface area contributed by atoms with Gasteiger partial charge in [-0.2, -0.15) is 5.10 Å². The number of aromatic nitrogens is 2. The van der Waals surface area contributed by atoms with Crippen molar-refractivity contribution < 1.29 is 18.7 Å².